The van der Waals surface area contributed by atoms with Gasteiger partial charge in [-0.15, -0.1) is 0 Å². The Hall–Kier alpha value is -4.46. The summed E-state index contributed by atoms with van der Waals surface area (Å²) in [5, 5.41) is 18.0. The third kappa shape index (κ3) is 8.03. The second-order valence-electron chi connectivity index (χ2n) is 8.23. The van der Waals surface area contributed by atoms with Crippen molar-refractivity contribution in [1.82, 2.24) is 15.3 Å². The number of benzene rings is 1. The van der Waals surface area contributed by atoms with Crippen LogP contribution in [-0.4, -0.2) is 70.9 Å². The Bertz CT molecular complexity index is 1210. The van der Waals surface area contributed by atoms with Gasteiger partial charge in [0.1, 0.15) is 6.04 Å². The number of ether oxygens (including phenoxy) is 1. The molecule has 0 bridgehead atoms. The first kappa shape index (κ1) is 27.1. The number of nitrogens with two attached hydrogens (primary N) is 2. The zero-order valence-corrected chi connectivity index (χ0v) is 20.1. The second kappa shape index (κ2) is 13.0. The summed E-state index contributed by atoms with van der Waals surface area (Å²) >= 11 is 0. The number of aliphatic carboxylic acids is 1. The van der Waals surface area contributed by atoms with Crippen molar-refractivity contribution in [1.29, 1.82) is 0 Å². The van der Waals surface area contributed by atoms with Gasteiger partial charge in [0.2, 0.25) is 5.95 Å². The van der Waals surface area contributed by atoms with Crippen molar-refractivity contribution in [2.75, 3.05) is 42.6 Å². The first-order valence-electron chi connectivity index (χ1n) is 11.7. The number of nitrogen functional groups attached to an aromatic ring is 1. The molecule has 1 aromatic heterocycles. The van der Waals surface area contributed by atoms with Crippen molar-refractivity contribution < 1.29 is 24.2 Å². The maximum Gasteiger partial charge on any atom is 0.326 e. The zero-order valence-electron chi connectivity index (χ0n) is 20.1. The summed E-state index contributed by atoms with van der Waals surface area (Å²) in [5.41, 5.74) is 12.2. The van der Waals surface area contributed by atoms with Crippen molar-refractivity contribution in [3.8, 4) is 0 Å². The normalized spacial score (nSPS) is 12.9. The Labute approximate surface area is 211 Å². The average Bonchev–Trinajstić information content (AvgIpc) is 2.88. The smallest absolute Gasteiger partial charge is 0.326 e. The number of hydrogen-bond donors (Lipinski definition) is 7. The molecule has 1 aliphatic rings. The van der Waals surface area contributed by atoms with Crippen LogP contribution in [0.3, 0.4) is 0 Å². The fraction of sp³-hybridized carbons (Fsp3) is 0.391. The number of carboxylic acid groups (broad SMARTS) is 1. The van der Waals surface area contributed by atoms with Gasteiger partial charge in [0.05, 0.1) is 25.4 Å². The van der Waals surface area contributed by atoms with E-state index in [0.717, 1.165) is 6.42 Å². The molecule has 0 aliphatic carbocycles. The highest BCUT2D eigenvalue weighted by Crippen LogP contribution is 2.21. The predicted octanol–water partition coefficient (Wildman–Crippen LogP) is 0.208. The molecule has 3 rings (SSSR count). The van der Waals surface area contributed by atoms with Gasteiger partial charge in [-0.1, -0.05) is 0 Å². The number of unbranched alkanes of at least 4 members (excludes halogenated alkanes) is 1. The summed E-state index contributed by atoms with van der Waals surface area (Å²) < 4.78 is 5.03. The highest BCUT2D eigenvalue weighted by molar-refractivity contribution is 5.98. The summed E-state index contributed by atoms with van der Waals surface area (Å²) in [7, 11) is 0. The zero-order chi connectivity index (χ0) is 26.8. The van der Waals surface area contributed by atoms with Gasteiger partial charge >= 0.3 is 11.9 Å². The van der Waals surface area contributed by atoms with Crippen molar-refractivity contribution in [2.45, 2.75) is 31.7 Å². The SMILES string of the molecule is NCCCCOC(=O)CC[C@H](NC(=O)c1ccc(NCC2=Nc3c(nc(N)[nH]c3=O)NC2)cc1)C(=O)O. The number of carbonyl (C=O) groups excluding carboxylic acids is 2. The molecule has 1 aromatic carbocycles. The average molecular weight is 515 g/mol. The molecule has 2 heterocycles. The van der Waals surface area contributed by atoms with Gasteiger partial charge in [-0.05, 0) is 50.1 Å². The van der Waals surface area contributed by atoms with Gasteiger partial charge in [-0.2, -0.15) is 4.98 Å². The molecule has 1 aliphatic heterocycles. The number of H-pyrrole nitrogens is 1. The van der Waals surface area contributed by atoms with E-state index in [1.54, 1.807) is 12.1 Å². The van der Waals surface area contributed by atoms with Gasteiger partial charge in [-0.3, -0.25) is 19.4 Å². The Kier molecular flexibility index (Phi) is 9.55. The molecule has 14 heteroatoms. The van der Waals surface area contributed by atoms with Gasteiger partial charge in [-0.25, -0.2) is 9.79 Å². The fourth-order valence-corrected chi connectivity index (χ4v) is 3.41. The molecule has 0 fully saturated rings. The molecule has 0 unspecified atom stereocenters. The van der Waals surface area contributed by atoms with E-state index in [1.807, 2.05) is 0 Å². The first-order chi connectivity index (χ1) is 17.8. The molecule has 2 aromatic rings. The van der Waals surface area contributed by atoms with Crippen LogP contribution in [0.1, 0.15) is 36.0 Å². The van der Waals surface area contributed by atoms with Crippen LogP contribution in [0.5, 0.6) is 0 Å². The highest BCUT2D eigenvalue weighted by Gasteiger charge is 2.22. The number of aromatic amines is 1. The summed E-state index contributed by atoms with van der Waals surface area (Å²) in [6, 6.07) is 5.15. The van der Waals surface area contributed by atoms with Crippen LogP contribution in [0.2, 0.25) is 0 Å². The maximum absolute atomic E-state index is 12.5. The van der Waals surface area contributed by atoms with E-state index in [2.05, 4.69) is 30.9 Å². The molecule has 9 N–H and O–H groups in total. The Morgan fingerprint density at radius 2 is 1.95 bits per heavy atom. The summed E-state index contributed by atoms with van der Waals surface area (Å²) in [5.74, 6) is -2.04. The number of hydrogen-bond acceptors (Lipinski definition) is 11. The molecule has 0 spiro atoms. The van der Waals surface area contributed by atoms with Crippen LogP contribution < -0.4 is 33.0 Å². The summed E-state index contributed by atoms with van der Waals surface area (Å²) in [6.45, 7) is 1.42. The van der Waals surface area contributed by atoms with E-state index < -0.39 is 29.4 Å². The number of rotatable bonds is 13. The number of aliphatic imine (C=N–C) groups is 1. The molecule has 37 heavy (non-hydrogen) atoms. The number of carboxylic acids is 1. The first-order valence-corrected chi connectivity index (χ1v) is 11.7. The second-order valence-corrected chi connectivity index (χ2v) is 8.23. The standard InChI is InChI=1S/C23H30N8O6/c24-9-1-2-10-37-17(32)8-7-16(22(35)36)29-20(33)13-3-5-14(6-4-13)26-11-15-12-27-19-18(28-15)21(34)31-23(25)30-19/h3-6,16,26H,1-2,7-12,24H2,(H,29,33)(H,35,36)(H4,25,27,30,31,34)/t16-/m0/s1. The van der Waals surface area contributed by atoms with Crippen LogP contribution in [0.4, 0.5) is 23.1 Å². The summed E-state index contributed by atoms with van der Waals surface area (Å²) in [6.07, 6.45) is 1.13. The van der Waals surface area contributed by atoms with E-state index >= 15 is 0 Å². The number of fused-ring (bicyclic) bond motifs is 1. The van der Waals surface area contributed by atoms with Gasteiger partial charge in [0.15, 0.2) is 11.5 Å². The van der Waals surface area contributed by atoms with Crippen molar-refractivity contribution in [2.24, 2.45) is 10.7 Å². The molecular formula is C23H30N8O6. The lowest BCUT2D eigenvalue weighted by molar-refractivity contribution is -0.144. The van der Waals surface area contributed by atoms with Crippen LogP contribution in [0, 0.1) is 0 Å². The van der Waals surface area contributed by atoms with Crippen LogP contribution in [0.15, 0.2) is 34.1 Å². The van der Waals surface area contributed by atoms with Gasteiger partial charge in [0.25, 0.3) is 11.5 Å². The van der Waals surface area contributed by atoms with Crippen LogP contribution in [0.25, 0.3) is 0 Å². The number of aromatic nitrogens is 2. The molecular weight excluding hydrogens is 484 g/mol. The molecule has 1 atom stereocenters. The molecule has 198 valence electrons. The fourth-order valence-electron chi connectivity index (χ4n) is 3.41. The molecule has 14 nitrogen and oxygen atoms in total. The number of esters is 1. The number of nitrogens with one attached hydrogen (secondary N) is 4. The summed E-state index contributed by atoms with van der Waals surface area (Å²) in [4.78, 5) is 58.6. The van der Waals surface area contributed by atoms with Crippen LogP contribution in [-0.2, 0) is 14.3 Å². The Balaban J connectivity index is 1.50. The largest absolute Gasteiger partial charge is 0.480 e. The lowest BCUT2D eigenvalue weighted by Gasteiger charge is -2.17. The monoisotopic (exact) mass is 514 g/mol. The maximum atomic E-state index is 12.5. The number of amides is 1. The minimum Gasteiger partial charge on any atom is -0.480 e. The van der Waals surface area contributed by atoms with Gasteiger partial charge in [0, 0.05) is 17.7 Å². The van der Waals surface area contributed by atoms with E-state index in [9.17, 15) is 24.3 Å². The van der Waals surface area contributed by atoms with Crippen molar-refractivity contribution in [3.63, 3.8) is 0 Å². The number of nitrogens with zero attached hydrogens (tertiary/aromatic N) is 2. The van der Waals surface area contributed by atoms with E-state index in [4.69, 9.17) is 16.2 Å². The molecule has 0 saturated heterocycles. The Morgan fingerprint density at radius 1 is 1.19 bits per heavy atom. The topological polar surface area (TPSA) is 227 Å². The van der Waals surface area contributed by atoms with Crippen molar-refractivity contribution >= 4 is 46.7 Å². The van der Waals surface area contributed by atoms with Crippen molar-refractivity contribution in [3.05, 3.63) is 40.2 Å². The quantitative estimate of drug-likeness (QED) is 0.141. The number of anilines is 3. The molecule has 1 amide bonds. The lowest BCUT2D eigenvalue weighted by Crippen LogP contribution is -2.41. The lowest BCUT2D eigenvalue weighted by atomic mass is 10.1. The third-order valence-corrected chi connectivity index (χ3v) is 5.39. The molecule has 0 saturated carbocycles. The number of carbonyl (C=O) groups is 3. The Morgan fingerprint density at radius 3 is 2.65 bits per heavy atom. The minimum absolute atomic E-state index is 0.00314. The third-order valence-electron chi connectivity index (χ3n) is 5.39. The minimum atomic E-state index is -1.25. The molecule has 0 radical (unpaired) electrons. The van der Waals surface area contributed by atoms with E-state index in [-0.39, 0.29) is 36.6 Å². The van der Waals surface area contributed by atoms with Gasteiger partial charge < -0.3 is 37.3 Å². The van der Waals surface area contributed by atoms with E-state index in [0.29, 0.717) is 43.3 Å². The van der Waals surface area contributed by atoms with Crippen LogP contribution >= 0.6 is 0 Å². The predicted molar refractivity (Wildman–Crippen MR) is 137 cm³/mol. The van der Waals surface area contributed by atoms with E-state index in [1.165, 1.54) is 12.1 Å². The highest BCUT2D eigenvalue weighted by atomic mass is 16.5.